The van der Waals surface area contributed by atoms with Crippen LogP contribution in [0.4, 0.5) is 0 Å². The molecule has 0 fully saturated rings. The lowest BCUT2D eigenvalue weighted by molar-refractivity contribution is -0.148. The third-order valence-corrected chi connectivity index (χ3v) is 1.38. The van der Waals surface area contributed by atoms with Crippen molar-refractivity contribution in [2.45, 2.75) is 6.92 Å². The van der Waals surface area contributed by atoms with E-state index in [0.717, 1.165) is 0 Å². The van der Waals surface area contributed by atoms with E-state index in [1.807, 2.05) is 6.92 Å². The molecule has 0 bridgehead atoms. The maximum absolute atomic E-state index is 10.5. The summed E-state index contributed by atoms with van der Waals surface area (Å²) in [5.74, 6) is -0.804. The fourth-order valence-corrected chi connectivity index (χ4v) is 0.585. The standard InChI is InChI=1S/C6H10O4S2.C3H6/c7-5(3-11)9-1-2-10-6(8)4-12;1-3-2/h11-12H,1-4H2;3H,1H2,2H3. The Balaban J connectivity index is 0. The summed E-state index contributed by atoms with van der Waals surface area (Å²) in [7, 11) is 0. The van der Waals surface area contributed by atoms with Crippen LogP contribution in [0.15, 0.2) is 12.7 Å². The molecule has 15 heavy (non-hydrogen) atoms. The van der Waals surface area contributed by atoms with E-state index in [9.17, 15) is 9.59 Å². The first-order valence-corrected chi connectivity index (χ1v) is 5.48. The third kappa shape index (κ3) is 16.1. The summed E-state index contributed by atoms with van der Waals surface area (Å²) < 4.78 is 9.14. The van der Waals surface area contributed by atoms with Crippen molar-refractivity contribution in [1.82, 2.24) is 0 Å². The van der Waals surface area contributed by atoms with Crippen LogP contribution < -0.4 is 0 Å². The number of carbonyl (C=O) groups excluding carboxylic acids is 2. The van der Waals surface area contributed by atoms with Gasteiger partial charge in [0.25, 0.3) is 0 Å². The van der Waals surface area contributed by atoms with E-state index in [1.165, 1.54) is 0 Å². The Morgan fingerprint density at radius 1 is 1.13 bits per heavy atom. The number of ether oxygens (including phenoxy) is 2. The van der Waals surface area contributed by atoms with E-state index >= 15 is 0 Å². The molecule has 0 aromatic carbocycles. The summed E-state index contributed by atoms with van der Waals surface area (Å²) in [5, 5.41) is 0. The van der Waals surface area contributed by atoms with Crippen molar-refractivity contribution in [3.63, 3.8) is 0 Å². The van der Waals surface area contributed by atoms with Gasteiger partial charge < -0.3 is 9.47 Å². The van der Waals surface area contributed by atoms with Crippen LogP contribution in [-0.4, -0.2) is 36.7 Å². The van der Waals surface area contributed by atoms with Crippen LogP contribution in [0.25, 0.3) is 0 Å². The van der Waals surface area contributed by atoms with Gasteiger partial charge in [0.1, 0.15) is 13.2 Å². The molecule has 0 unspecified atom stereocenters. The molecule has 4 nitrogen and oxygen atoms in total. The zero-order valence-corrected chi connectivity index (χ0v) is 10.4. The van der Waals surface area contributed by atoms with E-state index in [4.69, 9.17) is 0 Å². The smallest absolute Gasteiger partial charge is 0.315 e. The second-order valence-electron chi connectivity index (χ2n) is 2.17. The molecular formula is C9H16O4S2. The molecule has 0 amide bonds. The molecule has 0 spiro atoms. The Morgan fingerprint density at radius 2 is 1.40 bits per heavy atom. The van der Waals surface area contributed by atoms with Crippen molar-refractivity contribution in [1.29, 1.82) is 0 Å². The fourth-order valence-electron chi connectivity index (χ4n) is 0.402. The minimum atomic E-state index is -0.430. The highest BCUT2D eigenvalue weighted by Gasteiger charge is 2.00. The number of allylic oxidation sites excluding steroid dienone is 1. The quantitative estimate of drug-likeness (QED) is 0.333. The van der Waals surface area contributed by atoms with Crippen LogP contribution in [0.1, 0.15) is 6.92 Å². The predicted octanol–water partition coefficient (Wildman–Crippen LogP) is 1.12. The van der Waals surface area contributed by atoms with Gasteiger partial charge in [0.2, 0.25) is 0 Å². The molecule has 0 aliphatic carbocycles. The van der Waals surface area contributed by atoms with Crippen LogP contribution in [0.3, 0.4) is 0 Å². The third-order valence-electron chi connectivity index (χ3n) is 0.868. The first-order valence-electron chi connectivity index (χ1n) is 4.22. The van der Waals surface area contributed by atoms with E-state index in [1.54, 1.807) is 6.08 Å². The van der Waals surface area contributed by atoms with Crippen LogP contribution in [-0.2, 0) is 19.1 Å². The Kier molecular flexibility index (Phi) is 15.0. The first-order chi connectivity index (χ1) is 7.12. The lowest BCUT2D eigenvalue weighted by atomic mass is 10.7. The molecule has 0 aliphatic rings. The SMILES string of the molecule is C=CC.O=C(CS)OCCOC(=O)CS. The molecule has 88 valence electrons. The van der Waals surface area contributed by atoms with E-state index in [0.29, 0.717) is 0 Å². The average molecular weight is 252 g/mol. The second-order valence-corrected chi connectivity index (χ2v) is 2.80. The molecule has 0 aromatic rings. The number of thiol groups is 2. The van der Waals surface area contributed by atoms with Crippen LogP contribution in [0, 0.1) is 0 Å². The van der Waals surface area contributed by atoms with Crippen molar-refractivity contribution >= 4 is 37.2 Å². The number of rotatable bonds is 5. The van der Waals surface area contributed by atoms with Crippen molar-refractivity contribution in [3.05, 3.63) is 12.7 Å². The van der Waals surface area contributed by atoms with Crippen molar-refractivity contribution in [2.24, 2.45) is 0 Å². The number of carbonyl (C=O) groups is 2. The molecule has 0 aromatic heterocycles. The highest BCUT2D eigenvalue weighted by molar-refractivity contribution is 7.81. The highest BCUT2D eigenvalue weighted by Crippen LogP contribution is 1.85. The maximum Gasteiger partial charge on any atom is 0.315 e. The minimum Gasteiger partial charge on any atom is -0.461 e. The van der Waals surface area contributed by atoms with Crippen LogP contribution >= 0.6 is 25.3 Å². The summed E-state index contributed by atoms with van der Waals surface area (Å²) >= 11 is 7.36. The van der Waals surface area contributed by atoms with Gasteiger partial charge in [-0.05, 0) is 6.92 Å². The van der Waals surface area contributed by atoms with Gasteiger partial charge in [0.15, 0.2) is 0 Å². The Hall–Kier alpha value is -0.620. The van der Waals surface area contributed by atoms with E-state index < -0.39 is 11.9 Å². The zero-order chi connectivity index (χ0) is 12.1. The van der Waals surface area contributed by atoms with Gasteiger partial charge in [0, 0.05) is 0 Å². The van der Waals surface area contributed by atoms with Gasteiger partial charge in [-0.3, -0.25) is 9.59 Å². The molecule has 6 heteroatoms. The van der Waals surface area contributed by atoms with Crippen molar-refractivity contribution in [3.8, 4) is 0 Å². The van der Waals surface area contributed by atoms with Gasteiger partial charge in [-0.15, -0.1) is 6.58 Å². The lowest BCUT2D eigenvalue weighted by Gasteiger charge is -2.03. The molecule has 0 heterocycles. The summed E-state index contributed by atoms with van der Waals surface area (Å²) in [4.78, 5) is 20.9. The van der Waals surface area contributed by atoms with E-state index in [2.05, 4.69) is 41.3 Å². The molecule has 0 radical (unpaired) electrons. The largest absolute Gasteiger partial charge is 0.461 e. The Bertz CT molecular complexity index is 177. The predicted molar refractivity (Wildman–Crippen MR) is 65.5 cm³/mol. The molecule has 0 saturated carbocycles. The minimum absolute atomic E-state index is 0.0283. The first kappa shape index (κ1) is 16.8. The lowest BCUT2D eigenvalue weighted by Crippen LogP contribution is -2.14. The van der Waals surface area contributed by atoms with Gasteiger partial charge in [-0.2, -0.15) is 25.3 Å². The highest BCUT2D eigenvalue weighted by atomic mass is 32.1. The Labute approximate surface area is 101 Å². The summed E-state index contributed by atoms with van der Waals surface area (Å²) in [6.07, 6.45) is 1.75. The summed E-state index contributed by atoms with van der Waals surface area (Å²) in [6, 6.07) is 0. The molecular weight excluding hydrogens is 236 g/mol. The molecule has 0 aliphatic heterocycles. The normalized spacial score (nSPS) is 8.20. The molecule has 0 atom stereocenters. The second kappa shape index (κ2) is 13.4. The van der Waals surface area contributed by atoms with Crippen molar-refractivity contribution < 1.29 is 19.1 Å². The number of hydrogen-bond donors (Lipinski definition) is 2. The van der Waals surface area contributed by atoms with Crippen LogP contribution in [0.5, 0.6) is 0 Å². The summed E-state index contributed by atoms with van der Waals surface area (Å²) in [5.41, 5.74) is 0. The molecule has 0 saturated heterocycles. The van der Waals surface area contributed by atoms with Gasteiger partial charge in [-0.1, -0.05) is 6.08 Å². The van der Waals surface area contributed by atoms with Gasteiger partial charge in [-0.25, -0.2) is 0 Å². The maximum atomic E-state index is 10.5. The topological polar surface area (TPSA) is 52.6 Å². The summed E-state index contributed by atoms with van der Waals surface area (Å²) in [6.45, 7) is 5.39. The van der Waals surface area contributed by atoms with E-state index in [-0.39, 0.29) is 24.7 Å². The molecule has 0 rings (SSSR count). The number of hydrogen-bond acceptors (Lipinski definition) is 6. The molecule has 0 N–H and O–H groups in total. The average Bonchev–Trinajstić information content (AvgIpc) is 2.24. The number of esters is 2. The van der Waals surface area contributed by atoms with Crippen LogP contribution in [0.2, 0.25) is 0 Å². The van der Waals surface area contributed by atoms with Crippen molar-refractivity contribution in [2.75, 3.05) is 24.7 Å². The fraction of sp³-hybridized carbons (Fsp3) is 0.556. The van der Waals surface area contributed by atoms with Gasteiger partial charge >= 0.3 is 11.9 Å². The van der Waals surface area contributed by atoms with Gasteiger partial charge in [0.05, 0.1) is 11.5 Å². The zero-order valence-electron chi connectivity index (χ0n) is 8.64. The monoisotopic (exact) mass is 252 g/mol. The Morgan fingerprint density at radius 3 is 1.60 bits per heavy atom.